The number of hydrogen-bond acceptors (Lipinski definition) is 4. The first-order valence-electron chi connectivity index (χ1n) is 8.58. The van der Waals surface area contributed by atoms with E-state index >= 15 is 0 Å². The van der Waals surface area contributed by atoms with Gasteiger partial charge in [-0.15, -0.1) is 0 Å². The summed E-state index contributed by atoms with van der Waals surface area (Å²) in [6, 6.07) is 8.87. The molecule has 3 aromatic rings. The van der Waals surface area contributed by atoms with Crippen LogP contribution in [0.25, 0.3) is 10.9 Å². The average Bonchev–Trinajstić information content (AvgIpc) is 2.60. The summed E-state index contributed by atoms with van der Waals surface area (Å²) in [6.07, 6.45) is 1.55. The van der Waals surface area contributed by atoms with Gasteiger partial charge in [0.05, 0.1) is 10.9 Å². The quantitative estimate of drug-likeness (QED) is 0.654. The fraction of sp³-hybridized carbons (Fsp3) is 0.250. The van der Waals surface area contributed by atoms with E-state index in [1.54, 1.807) is 43.5 Å². The predicted octanol–water partition coefficient (Wildman–Crippen LogP) is 4.08. The van der Waals surface area contributed by atoms with E-state index in [2.05, 4.69) is 26.2 Å². The van der Waals surface area contributed by atoms with Gasteiger partial charge in [0, 0.05) is 17.2 Å². The smallest absolute Gasteiger partial charge is 0.267 e. The summed E-state index contributed by atoms with van der Waals surface area (Å²) in [5.41, 5.74) is 0.513. The summed E-state index contributed by atoms with van der Waals surface area (Å²) in [7, 11) is 0. The molecular weight excluding hydrogens is 410 g/mol. The molecule has 0 aliphatic carbocycles. The van der Waals surface area contributed by atoms with Crippen molar-refractivity contribution >= 4 is 38.6 Å². The molecule has 2 N–H and O–H groups in total. The van der Waals surface area contributed by atoms with E-state index in [1.807, 2.05) is 13.8 Å². The zero-order valence-corrected chi connectivity index (χ0v) is 16.9. The van der Waals surface area contributed by atoms with Crippen molar-refractivity contribution in [3.63, 3.8) is 0 Å². The first-order chi connectivity index (χ1) is 12.8. The fourth-order valence-electron chi connectivity index (χ4n) is 2.98. The number of aryl methyl sites for hydroxylation is 1. The molecule has 2 aromatic heterocycles. The number of aromatic hydroxyl groups is 1. The molecule has 0 bridgehead atoms. The minimum atomic E-state index is -0.686. The highest BCUT2D eigenvalue weighted by molar-refractivity contribution is 9.10. The van der Waals surface area contributed by atoms with E-state index in [4.69, 9.17) is 0 Å². The van der Waals surface area contributed by atoms with Crippen LogP contribution in [0.1, 0.15) is 29.8 Å². The van der Waals surface area contributed by atoms with Crippen LogP contribution in [0.2, 0.25) is 0 Å². The maximum absolute atomic E-state index is 13.1. The first-order valence-corrected chi connectivity index (χ1v) is 9.37. The van der Waals surface area contributed by atoms with E-state index < -0.39 is 11.5 Å². The molecule has 0 aliphatic rings. The number of benzene rings is 1. The minimum absolute atomic E-state index is 0.184. The Kier molecular flexibility index (Phi) is 5.32. The first kappa shape index (κ1) is 19.1. The SMILES string of the molecule is Cc1cccnc1NC(=O)c1c(O)c2c(Br)cccc2n(CC(C)C)c1=O. The lowest BCUT2D eigenvalue weighted by Gasteiger charge is -2.17. The summed E-state index contributed by atoms with van der Waals surface area (Å²) in [5, 5.41) is 13.8. The zero-order chi connectivity index (χ0) is 19.7. The molecule has 0 radical (unpaired) electrons. The standard InChI is InChI=1S/C20H20BrN3O3/c1-11(2)10-24-14-8-4-7-13(21)15(14)17(25)16(20(24)27)19(26)23-18-12(3)6-5-9-22-18/h4-9,11,25H,10H2,1-3H3,(H,22,23,26). The molecule has 0 unspecified atom stereocenters. The zero-order valence-electron chi connectivity index (χ0n) is 15.3. The van der Waals surface area contributed by atoms with Crippen molar-refractivity contribution in [3.8, 4) is 5.75 Å². The molecule has 0 saturated carbocycles. The summed E-state index contributed by atoms with van der Waals surface area (Å²) < 4.78 is 2.14. The summed E-state index contributed by atoms with van der Waals surface area (Å²) in [5.74, 6) is -0.490. The Morgan fingerprint density at radius 1 is 1.30 bits per heavy atom. The lowest BCUT2D eigenvalue weighted by atomic mass is 10.1. The molecule has 1 aromatic carbocycles. The van der Waals surface area contributed by atoms with Gasteiger partial charge in [0.1, 0.15) is 17.1 Å². The fourth-order valence-corrected chi connectivity index (χ4v) is 3.52. The molecular formula is C20H20BrN3O3. The van der Waals surface area contributed by atoms with Gasteiger partial charge in [-0.3, -0.25) is 9.59 Å². The molecule has 0 aliphatic heterocycles. The Morgan fingerprint density at radius 3 is 2.70 bits per heavy atom. The van der Waals surface area contributed by atoms with Crippen LogP contribution in [0.5, 0.6) is 5.75 Å². The van der Waals surface area contributed by atoms with Crippen LogP contribution in [0.3, 0.4) is 0 Å². The van der Waals surface area contributed by atoms with Gasteiger partial charge in [-0.2, -0.15) is 0 Å². The topological polar surface area (TPSA) is 84.2 Å². The predicted molar refractivity (Wildman–Crippen MR) is 109 cm³/mol. The third kappa shape index (κ3) is 3.60. The van der Waals surface area contributed by atoms with E-state index in [9.17, 15) is 14.7 Å². The van der Waals surface area contributed by atoms with Gasteiger partial charge in [0.15, 0.2) is 0 Å². The number of nitrogens with one attached hydrogen (secondary N) is 1. The summed E-state index contributed by atoms with van der Waals surface area (Å²) in [4.78, 5) is 30.1. The molecule has 0 fully saturated rings. The molecule has 2 heterocycles. The van der Waals surface area contributed by atoms with E-state index in [1.165, 1.54) is 4.57 Å². The number of anilines is 1. The van der Waals surface area contributed by atoms with E-state index in [-0.39, 0.29) is 17.2 Å². The monoisotopic (exact) mass is 429 g/mol. The van der Waals surface area contributed by atoms with Gasteiger partial charge in [0.25, 0.3) is 11.5 Å². The number of carbonyl (C=O) groups is 1. The highest BCUT2D eigenvalue weighted by atomic mass is 79.9. The number of hydrogen-bond donors (Lipinski definition) is 2. The van der Waals surface area contributed by atoms with Crippen LogP contribution in [0.15, 0.2) is 45.8 Å². The Hall–Kier alpha value is -2.67. The van der Waals surface area contributed by atoms with Crippen LogP contribution >= 0.6 is 15.9 Å². The summed E-state index contributed by atoms with van der Waals surface area (Å²) in [6.45, 7) is 6.20. The Balaban J connectivity index is 2.23. The molecule has 6 nitrogen and oxygen atoms in total. The normalized spacial score (nSPS) is 11.1. The highest BCUT2D eigenvalue weighted by Crippen LogP contribution is 2.33. The van der Waals surface area contributed by atoms with Gasteiger partial charge in [0.2, 0.25) is 0 Å². The van der Waals surface area contributed by atoms with Gasteiger partial charge < -0.3 is 15.0 Å². The largest absolute Gasteiger partial charge is 0.506 e. The molecule has 0 spiro atoms. The lowest BCUT2D eigenvalue weighted by Crippen LogP contribution is -2.31. The van der Waals surface area contributed by atoms with Gasteiger partial charge in [-0.05, 0) is 52.5 Å². The van der Waals surface area contributed by atoms with Crippen molar-refractivity contribution < 1.29 is 9.90 Å². The second-order valence-corrected chi connectivity index (χ2v) is 7.64. The van der Waals surface area contributed by atoms with Crippen LogP contribution in [0, 0.1) is 12.8 Å². The molecule has 1 amide bonds. The summed E-state index contributed by atoms with van der Waals surface area (Å²) >= 11 is 3.41. The maximum atomic E-state index is 13.1. The van der Waals surface area contributed by atoms with Gasteiger partial charge >= 0.3 is 0 Å². The number of fused-ring (bicyclic) bond motifs is 1. The average molecular weight is 430 g/mol. The minimum Gasteiger partial charge on any atom is -0.506 e. The van der Waals surface area contributed by atoms with Crippen LogP contribution in [0.4, 0.5) is 5.82 Å². The second kappa shape index (κ2) is 7.52. The van der Waals surface area contributed by atoms with Crippen molar-refractivity contribution in [2.24, 2.45) is 5.92 Å². The second-order valence-electron chi connectivity index (χ2n) is 6.79. The number of carbonyl (C=O) groups excluding carboxylic acids is 1. The Bertz CT molecular complexity index is 1090. The number of halogens is 1. The highest BCUT2D eigenvalue weighted by Gasteiger charge is 2.24. The van der Waals surface area contributed by atoms with Crippen LogP contribution < -0.4 is 10.9 Å². The number of pyridine rings is 2. The lowest BCUT2D eigenvalue weighted by molar-refractivity contribution is 0.102. The van der Waals surface area contributed by atoms with Crippen molar-refractivity contribution in [1.29, 1.82) is 0 Å². The van der Waals surface area contributed by atoms with Crippen molar-refractivity contribution in [3.05, 3.63) is 62.5 Å². The molecule has 3 rings (SSSR count). The van der Waals surface area contributed by atoms with Crippen LogP contribution in [-0.2, 0) is 6.54 Å². The van der Waals surface area contributed by atoms with Crippen molar-refractivity contribution in [1.82, 2.24) is 9.55 Å². The number of aromatic nitrogens is 2. The number of rotatable bonds is 4. The maximum Gasteiger partial charge on any atom is 0.267 e. The van der Waals surface area contributed by atoms with Crippen molar-refractivity contribution in [2.45, 2.75) is 27.3 Å². The molecule has 140 valence electrons. The van der Waals surface area contributed by atoms with Gasteiger partial charge in [-0.25, -0.2) is 4.98 Å². The third-order valence-corrected chi connectivity index (χ3v) is 4.89. The van der Waals surface area contributed by atoms with E-state index in [0.717, 1.165) is 5.56 Å². The molecule has 27 heavy (non-hydrogen) atoms. The molecule has 0 atom stereocenters. The third-order valence-electron chi connectivity index (χ3n) is 4.23. The van der Waals surface area contributed by atoms with E-state index in [0.29, 0.717) is 27.7 Å². The van der Waals surface area contributed by atoms with Crippen LogP contribution in [-0.4, -0.2) is 20.6 Å². The van der Waals surface area contributed by atoms with Gasteiger partial charge in [-0.1, -0.05) is 26.0 Å². The Labute approximate surface area is 165 Å². The Morgan fingerprint density at radius 2 is 2.04 bits per heavy atom. The molecule has 7 heteroatoms. The molecule has 0 saturated heterocycles. The number of amides is 1. The number of nitrogens with zero attached hydrogens (tertiary/aromatic N) is 2. The van der Waals surface area contributed by atoms with Crippen molar-refractivity contribution in [2.75, 3.05) is 5.32 Å².